The van der Waals surface area contributed by atoms with E-state index in [1.165, 1.54) is 15.2 Å². The van der Waals surface area contributed by atoms with Gasteiger partial charge in [0.05, 0.1) is 23.9 Å². The number of piperidine rings is 1. The van der Waals surface area contributed by atoms with E-state index in [1.54, 1.807) is 25.1 Å². The molecule has 190 valence electrons. The van der Waals surface area contributed by atoms with Crippen molar-refractivity contribution in [3.05, 3.63) is 39.8 Å². The lowest BCUT2D eigenvalue weighted by atomic mass is 9.77. The van der Waals surface area contributed by atoms with Crippen LogP contribution in [0.2, 0.25) is 0 Å². The number of nitrogens with zero attached hydrogens (tertiary/aromatic N) is 4. The van der Waals surface area contributed by atoms with Crippen LogP contribution in [0.4, 0.5) is 11.4 Å². The molecule has 2 aromatic rings. The highest BCUT2D eigenvalue weighted by Gasteiger charge is 2.30. The molecule has 1 aliphatic heterocycles. The lowest BCUT2D eigenvalue weighted by molar-refractivity contribution is -0.143. The van der Waals surface area contributed by atoms with Crippen molar-refractivity contribution in [2.24, 2.45) is 16.1 Å². The molecule has 11 nitrogen and oxygen atoms in total. The molecular weight excluding hydrogens is 474 g/mol. The fraction of sp³-hybridized carbons (Fsp3) is 0.565. The van der Waals surface area contributed by atoms with E-state index >= 15 is 0 Å². The summed E-state index contributed by atoms with van der Waals surface area (Å²) in [5.74, 6) is -1.37. The van der Waals surface area contributed by atoms with Crippen molar-refractivity contribution in [3.8, 4) is 5.75 Å². The molecule has 1 saturated carbocycles. The Morgan fingerprint density at radius 2 is 1.86 bits per heavy atom. The Hall–Kier alpha value is -2.99. The normalized spacial score (nSPS) is 22.6. The van der Waals surface area contributed by atoms with E-state index in [9.17, 15) is 28.2 Å². The number of carbonyl (C=O) groups is 1. The van der Waals surface area contributed by atoms with Gasteiger partial charge in [0.25, 0.3) is 5.56 Å². The quantitative estimate of drug-likeness (QED) is 0.509. The summed E-state index contributed by atoms with van der Waals surface area (Å²) in [6.07, 6.45) is 4.85. The first kappa shape index (κ1) is 25.1. The molecule has 0 amide bonds. The van der Waals surface area contributed by atoms with E-state index < -0.39 is 21.9 Å². The van der Waals surface area contributed by atoms with Gasteiger partial charge in [-0.05, 0) is 56.6 Å². The van der Waals surface area contributed by atoms with Gasteiger partial charge in [0, 0.05) is 13.1 Å². The van der Waals surface area contributed by atoms with E-state index in [2.05, 4.69) is 15.3 Å². The van der Waals surface area contributed by atoms with Crippen LogP contribution < -0.4 is 5.56 Å². The highest BCUT2D eigenvalue weighted by molar-refractivity contribution is 7.88. The Kier molecular flexibility index (Phi) is 7.13. The lowest BCUT2D eigenvalue weighted by Crippen LogP contribution is -2.40. The summed E-state index contributed by atoms with van der Waals surface area (Å²) >= 11 is 0. The maximum absolute atomic E-state index is 13.0. The van der Waals surface area contributed by atoms with Crippen LogP contribution in [0.5, 0.6) is 5.75 Å². The van der Waals surface area contributed by atoms with Crippen LogP contribution in [0.3, 0.4) is 0 Å². The third-order valence-electron chi connectivity index (χ3n) is 7.09. The van der Waals surface area contributed by atoms with Gasteiger partial charge in [-0.2, -0.15) is 0 Å². The van der Waals surface area contributed by atoms with Gasteiger partial charge in [0.1, 0.15) is 11.4 Å². The number of aliphatic carboxylic acids is 1. The third kappa shape index (κ3) is 5.32. The van der Waals surface area contributed by atoms with Gasteiger partial charge < -0.3 is 10.2 Å². The predicted molar refractivity (Wildman–Crippen MR) is 129 cm³/mol. The number of phenolic OH excluding ortho intramolecular Hbond substituents is 1. The number of phenols is 1. The standard InChI is InChI=1S/C23H31N5O6S/c1-14-20(22(30)28(26-14)17-9-11-27(12-10-17)35(2,33)34)25-24-19-8-4-7-18(21(19)29)15-5-3-6-16(13-15)23(31)32/h4,7-8,15-17,26,29H,3,5-6,9-13H2,1-2H3,(H,31,32). The van der Waals surface area contributed by atoms with Crippen LogP contribution in [0.1, 0.15) is 61.7 Å². The number of hydrogen-bond acceptors (Lipinski definition) is 7. The van der Waals surface area contributed by atoms with Gasteiger partial charge in [-0.25, -0.2) is 17.4 Å². The van der Waals surface area contributed by atoms with Gasteiger partial charge in [-0.15, -0.1) is 10.2 Å². The highest BCUT2D eigenvalue weighted by atomic mass is 32.2. The molecule has 1 saturated heterocycles. The molecule has 35 heavy (non-hydrogen) atoms. The molecule has 2 aliphatic rings. The second kappa shape index (κ2) is 9.94. The first-order valence-electron chi connectivity index (χ1n) is 11.8. The van der Waals surface area contributed by atoms with Crippen molar-refractivity contribution in [1.82, 2.24) is 14.1 Å². The summed E-state index contributed by atoms with van der Waals surface area (Å²) < 4.78 is 26.4. The SMILES string of the molecule is Cc1[nH]n(C2CCN(S(C)(=O)=O)CC2)c(=O)c1N=Nc1cccc(C2CCCC(C(=O)O)C2)c1O. The van der Waals surface area contributed by atoms with Crippen LogP contribution in [0.25, 0.3) is 0 Å². The topological polar surface area (TPSA) is 157 Å². The molecule has 0 radical (unpaired) electrons. The lowest BCUT2D eigenvalue weighted by Gasteiger charge is -2.30. The highest BCUT2D eigenvalue weighted by Crippen LogP contribution is 2.43. The predicted octanol–water partition coefficient (Wildman–Crippen LogP) is 3.56. The van der Waals surface area contributed by atoms with Crippen LogP contribution in [-0.4, -0.2) is 58.0 Å². The monoisotopic (exact) mass is 505 g/mol. The molecule has 2 atom stereocenters. The van der Waals surface area contributed by atoms with E-state index in [1.807, 2.05) is 0 Å². The van der Waals surface area contributed by atoms with Gasteiger partial charge >= 0.3 is 5.97 Å². The Labute approximate surface area is 203 Å². The fourth-order valence-corrected chi connectivity index (χ4v) is 6.00. The number of carboxylic acid groups (broad SMARTS) is 1. The number of para-hydroxylation sites is 1. The number of nitrogens with one attached hydrogen (secondary N) is 1. The van der Waals surface area contributed by atoms with Crippen molar-refractivity contribution in [1.29, 1.82) is 0 Å². The first-order chi connectivity index (χ1) is 16.6. The largest absolute Gasteiger partial charge is 0.505 e. The molecule has 3 N–H and O–H groups in total. The Balaban J connectivity index is 1.53. The number of H-pyrrole nitrogens is 1. The zero-order valence-corrected chi connectivity index (χ0v) is 20.7. The van der Waals surface area contributed by atoms with Gasteiger partial charge in [0.2, 0.25) is 10.0 Å². The minimum atomic E-state index is -3.26. The number of aromatic amines is 1. The second-order valence-corrected chi connectivity index (χ2v) is 11.4. The summed E-state index contributed by atoms with van der Waals surface area (Å²) in [4.78, 5) is 24.4. The summed E-state index contributed by atoms with van der Waals surface area (Å²) in [5, 5.41) is 31.5. The van der Waals surface area contributed by atoms with E-state index in [0.717, 1.165) is 12.8 Å². The minimum Gasteiger partial charge on any atom is -0.505 e. The zero-order valence-electron chi connectivity index (χ0n) is 19.8. The number of benzene rings is 1. The molecule has 2 heterocycles. The van der Waals surface area contributed by atoms with Crippen molar-refractivity contribution in [3.63, 3.8) is 0 Å². The Bertz CT molecular complexity index is 1290. The molecule has 0 bridgehead atoms. The molecule has 1 aliphatic carbocycles. The van der Waals surface area contributed by atoms with E-state index in [0.29, 0.717) is 50.0 Å². The number of sulfonamides is 1. The van der Waals surface area contributed by atoms with Crippen molar-refractivity contribution in [2.45, 2.75) is 57.4 Å². The van der Waals surface area contributed by atoms with Gasteiger partial charge in [0.15, 0.2) is 5.69 Å². The maximum Gasteiger partial charge on any atom is 0.306 e. The summed E-state index contributed by atoms with van der Waals surface area (Å²) in [5.41, 5.74) is 1.16. The number of aryl methyl sites for hydroxylation is 1. The molecule has 12 heteroatoms. The van der Waals surface area contributed by atoms with Crippen molar-refractivity contribution in [2.75, 3.05) is 19.3 Å². The van der Waals surface area contributed by atoms with Gasteiger partial charge in [-0.3, -0.25) is 14.7 Å². The average Bonchev–Trinajstić information content (AvgIpc) is 3.11. The summed E-state index contributed by atoms with van der Waals surface area (Å²) in [7, 11) is -3.26. The number of azo groups is 1. The molecule has 1 aromatic heterocycles. The molecule has 1 aromatic carbocycles. The van der Waals surface area contributed by atoms with Crippen LogP contribution in [-0.2, 0) is 14.8 Å². The van der Waals surface area contributed by atoms with E-state index in [4.69, 9.17) is 0 Å². The number of aromatic hydroxyl groups is 1. The summed E-state index contributed by atoms with van der Waals surface area (Å²) in [6.45, 7) is 2.40. The second-order valence-electron chi connectivity index (χ2n) is 9.47. The summed E-state index contributed by atoms with van der Waals surface area (Å²) in [6, 6.07) is 4.95. The number of hydrogen-bond donors (Lipinski definition) is 3. The number of carboxylic acids is 1. The van der Waals surface area contributed by atoms with Crippen molar-refractivity contribution < 1.29 is 23.4 Å². The molecule has 4 rings (SSSR count). The average molecular weight is 506 g/mol. The minimum absolute atomic E-state index is 0.0473. The number of rotatable bonds is 6. The molecular formula is C23H31N5O6S. The molecule has 0 spiro atoms. The Morgan fingerprint density at radius 3 is 2.51 bits per heavy atom. The van der Waals surface area contributed by atoms with Crippen LogP contribution in [0, 0.1) is 12.8 Å². The maximum atomic E-state index is 13.0. The van der Waals surface area contributed by atoms with E-state index in [-0.39, 0.29) is 34.6 Å². The molecule has 2 unspecified atom stereocenters. The van der Waals surface area contributed by atoms with Crippen LogP contribution in [0.15, 0.2) is 33.2 Å². The van der Waals surface area contributed by atoms with Crippen LogP contribution >= 0.6 is 0 Å². The molecule has 2 fully saturated rings. The number of aromatic nitrogens is 2. The smallest absolute Gasteiger partial charge is 0.306 e. The third-order valence-corrected chi connectivity index (χ3v) is 8.39. The first-order valence-corrected chi connectivity index (χ1v) is 13.6. The van der Waals surface area contributed by atoms with Gasteiger partial charge in [-0.1, -0.05) is 18.6 Å². The fourth-order valence-electron chi connectivity index (χ4n) is 5.13. The zero-order chi connectivity index (χ0) is 25.3. The van der Waals surface area contributed by atoms with Crippen molar-refractivity contribution >= 4 is 27.4 Å². The Morgan fingerprint density at radius 1 is 1.14 bits per heavy atom.